The van der Waals surface area contributed by atoms with Gasteiger partial charge in [-0.05, 0) is 87.5 Å². The first kappa shape index (κ1) is 18.7. The van der Waals surface area contributed by atoms with E-state index in [1.165, 1.54) is 50.3 Å². The zero-order valence-corrected chi connectivity index (χ0v) is 17.2. The van der Waals surface area contributed by atoms with Crippen molar-refractivity contribution in [2.24, 2.45) is 17.8 Å². The van der Waals surface area contributed by atoms with Gasteiger partial charge < -0.3 is 9.73 Å². The fourth-order valence-electron chi connectivity index (χ4n) is 5.92. The molecular formula is C22H24N4O2S. The molecule has 1 amide bonds. The van der Waals surface area contributed by atoms with Gasteiger partial charge in [0.05, 0.1) is 16.9 Å². The van der Waals surface area contributed by atoms with E-state index in [-0.39, 0.29) is 16.6 Å². The van der Waals surface area contributed by atoms with Crippen molar-refractivity contribution in [3.8, 4) is 6.07 Å². The molecule has 4 bridgehead atoms. The molecule has 7 heteroatoms. The van der Waals surface area contributed by atoms with Gasteiger partial charge in [-0.1, -0.05) is 11.8 Å². The van der Waals surface area contributed by atoms with Gasteiger partial charge in [0.25, 0.3) is 5.22 Å². The molecule has 4 aliphatic carbocycles. The number of aromatic nitrogens is 2. The molecule has 0 radical (unpaired) electrons. The van der Waals surface area contributed by atoms with Crippen LogP contribution < -0.4 is 5.32 Å². The van der Waals surface area contributed by atoms with Gasteiger partial charge in [-0.15, -0.1) is 10.2 Å². The first-order valence-corrected chi connectivity index (χ1v) is 11.2. The Kier molecular flexibility index (Phi) is 4.62. The standard InChI is InChI=1S/C22H24N4O2S/c1-13(19(27)24-18-4-2-14(12-23)3-5-18)29-21-26-25-20(28-21)22-9-15-6-16(10-22)8-17(7-15)11-22/h2-5,13,15-17H,6-11H2,1H3,(H,24,27)/t13-,15?,16?,17?,22?/m0/s1. The van der Waals surface area contributed by atoms with Gasteiger partial charge in [0.1, 0.15) is 0 Å². The molecular weight excluding hydrogens is 384 g/mol. The topological polar surface area (TPSA) is 91.8 Å². The summed E-state index contributed by atoms with van der Waals surface area (Å²) < 4.78 is 6.09. The molecule has 4 fully saturated rings. The highest BCUT2D eigenvalue weighted by atomic mass is 32.2. The number of anilines is 1. The number of benzene rings is 1. The SMILES string of the molecule is C[C@H](Sc1nnc(C23CC4CC(CC(C4)C2)C3)o1)C(=O)Nc1ccc(C#N)cc1. The molecule has 0 saturated heterocycles. The molecule has 0 unspecified atom stereocenters. The van der Waals surface area contributed by atoms with E-state index in [1.54, 1.807) is 24.3 Å². The summed E-state index contributed by atoms with van der Waals surface area (Å²) in [6.45, 7) is 1.83. The Hall–Kier alpha value is -2.33. The average Bonchev–Trinajstić information content (AvgIpc) is 3.17. The molecule has 1 atom stereocenters. The van der Waals surface area contributed by atoms with Crippen LogP contribution in [0.4, 0.5) is 5.69 Å². The van der Waals surface area contributed by atoms with E-state index in [0.29, 0.717) is 16.5 Å². The van der Waals surface area contributed by atoms with Crippen LogP contribution in [0.3, 0.4) is 0 Å². The van der Waals surface area contributed by atoms with Crippen LogP contribution in [0.1, 0.15) is 56.9 Å². The second kappa shape index (κ2) is 7.17. The fraction of sp³-hybridized carbons (Fsp3) is 0.545. The van der Waals surface area contributed by atoms with Gasteiger partial charge in [0.2, 0.25) is 11.8 Å². The van der Waals surface area contributed by atoms with E-state index in [0.717, 1.165) is 23.6 Å². The summed E-state index contributed by atoms with van der Waals surface area (Å²) in [5.74, 6) is 3.12. The van der Waals surface area contributed by atoms with Crippen LogP contribution >= 0.6 is 11.8 Å². The van der Waals surface area contributed by atoms with Gasteiger partial charge >= 0.3 is 0 Å². The lowest BCUT2D eigenvalue weighted by molar-refractivity contribution is -0.115. The van der Waals surface area contributed by atoms with Crippen molar-refractivity contribution in [1.82, 2.24) is 10.2 Å². The molecule has 6 rings (SSSR count). The largest absolute Gasteiger partial charge is 0.415 e. The van der Waals surface area contributed by atoms with E-state index in [1.807, 2.05) is 6.92 Å². The summed E-state index contributed by atoms with van der Waals surface area (Å²) in [5.41, 5.74) is 1.31. The highest BCUT2D eigenvalue weighted by molar-refractivity contribution is 8.00. The molecule has 0 aliphatic heterocycles. The maximum absolute atomic E-state index is 12.5. The minimum Gasteiger partial charge on any atom is -0.415 e. The normalized spacial score (nSPS) is 30.7. The minimum atomic E-state index is -0.365. The zero-order chi connectivity index (χ0) is 20.0. The highest BCUT2D eigenvalue weighted by Crippen LogP contribution is 2.60. The Morgan fingerprint density at radius 2 is 1.79 bits per heavy atom. The van der Waals surface area contributed by atoms with Crippen LogP contribution in [0.15, 0.2) is 33.9 Å². The van der Waals surface area contributed by atoms with Crippen LogP contribution in [-0.4, -0.2) is 21.4 Å². The van der Waals surface area contributed by atoms with E-state index in [9.17, 15) is 4.79 Å². The predicted octanol–water partition coefficient (Wildman–Crippen LogP) is 4.53. The number of rotatable bonds is 5. The molecule has 1 aromatic heterocycles. The molecule has 1 N–H and O–H groups in total. The minimum absolute atomic E-state index is 0.0779. The average molecular weight is 409 g/mol. The summed E-state index contributed by atoms with van der Waals surface area (Å²) in [6.07, 6.45) is 7.67. The Balaban J connectivity index is 1.24. The van der Waals surface area contributed by atoms with Gasteiger partial charge in [-0.3, -0.25) is 4.79 Å². The summed E-state index contributed by atoms with van der Waals surface area (Å²) in [6, 6.07) is 8.89. The predicted molar refractivity (Wildman–Crippen MR) is 109 cm³/mol. The molecule has 4 aliphatic rings. The summed E-state index contributed by atoms with van der Waals surface area (Å²) in [4.78, 5) is 12.5. The van der Waals surface area contributed by atoms with E-state index < -0.39 is 0 Å². The van der Waals surface area contributed by atoms with Crippen LogP contribution in [0.25, 0.3) is 0 Å². The fourth-order valence-corrected chi connectivity index (χ4v) is 6.60. The molecule has 2 aromatic rings. The third-order valence-corrected chi connectivity index (χ3v) is 7.76. The Morgan fingerprint density at radius 3 is 2.38 bits per heavy atom. The molecule has 4 saturated carbocycles. The van der Waals surface area contributed by atoms with Crippen LogP contribution in [0.5, 0.6) is 0 Å². The van der Waals surface area contributed by atoms with Crippen molar-refractivity contribution in [3.05, 3.63) is 35.7 Å². The lowest BCUT2D eigenvalue weighted by atomic mass is 9.49. The number of carbonyl (C=O) groups excluding carboxylic acids is 1. The van der Waals surface area contributed by atoms with Crippen molar-refractivity contribution >= 4 is 23.4 Å². The smallest absolute Gasteiger partial charge is 0.277 e. The van der Waals surface area contributed by atoms with Crippen LogP contribution in [-0.2, 0) is 10.2 Å². The van der Waals surface area contributed by atoms with E-state index in [4.69, 9.17) is 9.68 Å². The number of thioether (sulfide) groups is 1. The second-order valence-corrected chi connectivity index (χ2v) is 10.3. The monoisotopic (exact) mass is 408 g/mol. The number of nitriles is 1. The summed E-state index contributed by atoms with van der Waals surface area (Å²) >= 11 is 1.30. The maximum Gasteiger partial charge on any atom is 0.277 e. The third kappa shape index (κ3) is 3.55. The molecule has 0 spiro atoms. The van der Waals surface area contributed by atoms with Crippen molar-refractivity contribution in [2.45, 2.75) is 61.3 Å². The van der Waals surface area contributed by atoms with Crippen molar-refractivity contribution < 1.29 is 9.21 Å². The lowest BCUT2D eigenvalue weighted by Crippen LogP contribution is -2.48. The quantitative estimate of drug-likeness (QED) is 0.731. The molecule has 29 heavy (non-hydrogen) atoms. The lowest BCUT2D eigenvalue weighted by Gasteiger charge is -2.55. The van der Waals surface area contributed by atoms with Crippen LogP contribution in [0, 0.1) is 29.1 Å². The van der Waals surface area contributed by atoms with Crippen molar-refractivity contribution in [3.63, 3.8) is 0 Å². The van der Waals surface area contributed by atoms with Gasteiger partial charge in [-0.25, -0.2) is 0 Å². The molecule has 1 heterocycles. The number of hydrogen-bond acceptors (Lipinski definition) is 6. The third-order valence-electron chi connectivity index (χ3n) is 6.83. The maximum atomic E-state index is 12.5. The van der Waals surface area contributed by atoms with Gasteiger partial charge in [0, 0.05) is 11.1 Å². The first-order valence-electron chi connectivity index (χ1n) is 10.3. The number of nitrogens with zero attached hydrogens (tertiary/aromatic N) is 3. The molecule has 150 valence electrons. The number of carbonyl (C=O) groups is 1. The number of hydrogen-bond donors (Lipinski definition) is 1. The van der Waals surface area contributed by atoms with Gasteiger partial charge in [0.15, 0.2) is 0 Å². The van der Waals surface area contributed by atoms with Gasteiger partial charge in [-0.2, -0.15) is 5.26 Å². The van der Waals surface area contributed by atoms with Crippen LogP contribution in [0.2, 0.25) is 0 Å². The number of amides is 1. The first-order chi connectivity index (χ1) is 14.0. The van der Waals surface area contributed by atoms with E-state index >= 15 is 0 Å². The number of nitrogens with one attached hydrogen (secondary N) is 1. The second-order valence-electron chi connectivity index (χ2n) is 9.01. The molecule has 1 aromatic carbocycles. The highest BCUT2D eigenvalue weighted by Gasteiger charge is 2.54. The molecule has 6 nitrogen and oxygen atoms in total. The van der Waals surface area contributed by atoms with Crippen molar-refractivity contribution in [2.75, 3.05) is 5.32 Å². The zero-order valence-electron chi connectivity index (χ0n) is 16.4. The summed E-state index contributed by atoms with van der Waals surface area (Å²) in [5, 5.41) is 20.5. The van der Waals surface area contributed by atoms with Crippen molar-refractivity contribution in [1.29, 1.82) is 5.26 Å². The van der Waals surface area contributed by atoms with E-state index in [2.05, 4.69) is 21.6 Å². The Bertz CT molecular complexity index is 927. The Labute approximate surface area is 174 Å². The summed E-state index contributed by atoms with van der Waals surface area (Å²) in [7, 11) is 0. The Morgan fingerprint density at radius 1 is 1.17 bits per heavy atom.